The summed E-state index contributed by atoms with van der Waals surface area (Å²) in [5.41, 5.74) is 0.789. The molecule has 0 N–H and O–H groups in total. The summed E-state index contributed by atoms with van der Waals surface area (Å²) in [5.74, 6) is -4.33. The smallest absolute Gasteiger partial charge is 0.289 e. The minimum absolute atomic E-state index is 0.240. The molecule has 0 saturated heterocycles. The monoisotopic (exact) mass is 274 g/mol. The predicted molar refractivity (Wildman–Crippen MR) is 64.7 cm³/mol. The summed E-state index contributed by atoms with van der Waals surface area (Å²) in [5, 5.41) is 0. The van der Waals surface area contributed by atoms with E-state index >= 15 is 0 Å². The van der Waals surface area contributed by atoms with Crippen LogP contribution in [0.1, 0.15) is 30.1 Å². The number of halogens is 4. The quantitative estimate of drug-likeness (QED) is 0.424. The molecular weight excluding hydrogens is 260 g/mol. The fourth-order valence-corrected chi connectivity index (χ4v) is 1.45. The van der Waals surface area contributed by atoms with E-state index < -0.39 is 18.8 Å². The number of alkyl halides is 4. The molecule has 0 aromatic heterocycles. The summed E-state index contributed by atoms with van der Waals surface area (Å²) in [6, 6.07) is 8.30. The van der Waals surface area contributed by atoms with Crippen molar-refractivity contribution in [3.63, 3.8) is 0 Å². The summed E-state index contributed by atoms with van der Waals surface area (Å²) in [6.07, 6.45) is -3.67. The second-order valence-corrected chi connectivity index (χ2v) is 4.28. The Hall–Kier alpha value is -1.65. The van der Waals surface area contributed by atoms with Crippen molar-refractivity contribution >= 4 is 5.78 Å². The summed E-state index contributed by atoms with van der Waals surface area (Å²) in [7, 11) is 0. The van der Waals surface area contributed by atoms with Crippen molar-refractivity contribution in [1.82, 2.24) is 0 Å². The molecule has 0 saturated carbocycles. The minimum Gasteiger partial charge on any atom is -0.289 e. The van der Waals surface area contributed by atoms with E-state index in [0.29, 0.717) is 11.1 Å². The average molecular weight is 274 g/mol. The third-order valence-electron chi connectivity index (χ3n) is 2.61. The SMILES string of the molecule is CC(=CC(=O)c1ccccc1)CCC(F)(F)C(F)F. The average Bonchev–Trinajstić information content (AvgIpc) is 2.37. The number of carbonyl (C=O) groups excluding carboxylic acids is 1. The highest BCUT2D eigenvalue weighted by atomic mass is 19.3. The number of benzene rings is 1. The Morgan fingerprint density at radius 2 is 1.84 bits per heavy atom. The molecule has 0 atom stereocenters. The zero-order chi connectivity index (χ0) is 14.5. The van der Waals surface area contributed by atoms with Crippen molar-refractivity contribution < 1.29 is 22.4 Å². The van der Waals surface area contributed by atoms with Crippen LogP contribution >= 0.6 is 0 Å². The summed E-state index contributed by atoms with van der Waals surface area (Å²) in [6.45, 7) is 1.47. The van der Waals surface area contributed by atoms with Gasteiger partial charge in [0.25, 0.3) is 0 Å². The molecule has 19 heavy (non-hydrogen) atoms. The molecule has 0 heterocycles. The summed E-state index contributed by atoms with van der Waals surface area (Å²) >= 11 is 0. The first-order valence-electron chi connectivity index (χ1n) is 5.75. The molecule has 0 aliphatic rings. The van der Waals surface area contributed by atoms with Crippen molar-refractivity contribution in [2.75, 3.05) is 0 Å². The van der Waals surface area contributed by atoms with Crippen molar-refractivity contribution in [2.45, 2.75) is 32.1 Å². The van der Waals surface area contributed by atoms with Crippen LogP contribution in [0, 0.1) is 0 Å². The molecule has 1 aromatic carbocycles. The molecule has 0 spiro atoms. The minimum atomic E-state index is -4.01. The van der Waals surface area contributed by atoms with Gasteiger partial charge in [-0.05, 0) is 19.4 Å². The lowest BCUT2D eigenvalue weighted by atomic mass is 10.0. The molecule has 5 heteroatoms. The molecular formula is C14H14F4O. The third-order valence-corrected chi connectivity index (χ3v) is 2.61. The lowest BCUT2D eigenvalue weighted by Gasteiger charge is -2.14. The van der Waals surface area contributed by atoms with Gasteiger partial charge in [-0.15, -0.1) is 0 Å². The van der Waals surface area contributed by atoms with Crippen LogP contribution < -0.4 is 0 Å². The van der Waals surface area contributed by atoms with Gasteiger partial charge in [-0.2, -0.15) is 0 Å². The van der Waals surface area contributed by atoms with Crippen molar-refractivity contribution in [3.8, 4) is 0 Å². The Labute approximate surface area is 108 Å². The van der Waals surface area contributed by atoms with Gasteiger partial charge < -0.3 is 0 Å². The van der Waals surface area contributed by atoms with E-state index in [1.54, 1.807) is 30.3 Å². The van der Waals surface area contributed by atoms with Crippen LogP contribution in [0.5, 0.6) is 0 Å². The van der Waals surface area contributed by atoms with Crippen molar-refractivity contribution in [3.05, 3.63) is 47.5 Å². The first-order chi connectivity index (χ1) is 8.83. The first kappa shape index (κ1) is 15.4. The summed E-state index contributed by atoms with van der Waals surface area (Å²) in [4.78, 5) is 11.7. The lowest BCUT2D eigenvalue weighted by molar-refractivity contribution is -0.132. The zero-order valence-electron chi connectivity index (χ0n) is 10.4. The van der Waals surface area contributed by atoms with Crippen molar-refractivity contribution in [1.29, 1.82) is 0 Å². The molecule has 0 radical (unpaired) electrons. The lowest BCUT2D eigenvalue weighted by Crippen LogP contribution is -2.26. The molecule has 104 valence electrons. The predicted octanol–water partition coefficient (Wildman–Crippen LogP) is 4.50. The highest BCUT2D eigenvalue weighted by molar-refractivity contribution is 6.04. The fourth-order valence-electron chi connectivity index (χ4n) is 1.45. The number of ketones is 1. The van der Waals surface area contributed by atoms with Crippen LogP contribution in [-0.4, -0.2) is 18.1 Å². The second kappa shape index (κ2) is 6.50. The standard InChI is InChI=1S/C14H14F4O/c1-10(7-8-14(17,18)13(15)16)9-12(19)11-5-3-2-4-6-11/h2-6,9,13H,7-8H2,1H3. The Kier molecular flexibility index (Phi) is 5.27. The third kappa shape index (κ3) is 4.85. The largest absolute Gasteiger partial charge is 0.307 e. The van der Waals surface area contributed by atoms with Gasteiger partial charge in [-0.1, -0.05) is 35.9 Å². The molecule has 0 aliphatic carbocycles. The maximum Gasteiger partial charge on any atom is 0.307 e. The van der Waals surface area contributed by atoms with Gasteiger partial charge in [-0.25, -0.2) is 17.6 Å². The van der Waals surface area contributed by atoms with E-state index in [-0.39, 0.29) is 12.2 Å². The van der Waals surface area contributed by atoms with E-state index in [2.05, 4.69) is 0 Å². The summed E-state index contributed by atoms with van der Waals surface area (Å²) < 4.78 is 49.3. The van der Waals surface area contributed by atoms with E-state index in [9.17, 15) is 22.4 Å². The van der Waals surface area contributed by atoms with Crippen molar-refractivity contribution in [2.24, 2.45) is 0 Å². The fraction of sp³-hybridized carbons (Fsp3) is 0.357. The molecule has 0 fully saturated rings. The van der Waals surface area contributed by atoms with Gasteiger partial charge in [0.2, 0.25) is 0 Å². The maximum absolute atomic E-state index is 12.7. The molecule has 1 aromatic rings. The highest BCUT2D eigenvalue weighted by Gasteiger charge is 2.39. The number of hydrogen-bond donors (Lipinski definition) is 0. The van der Waals surface area contributed by atoms with Gasteiger partial charge in [0, 0.05) is 12.0 Å². The van der Waals surface area contributed by atoms with Crippen LogP contribution in [0.15, 0.2) is 42.0 Å². The second-order valence-electron chi connectivity index (χ2n) is 4.28. The first-order valence-corrected chi connectivity index (χ1v) is 5.75. The Morgan fingerprint density at radius 1 is 1.26 bits per heavy atom. The topological polar surface area (TPSA) is 17.1 Å². The molecule has 1 nitrogen and oxygen atoms in total. The number of allylic oxidation sites excluding steroid dienone is 2. The molecule has 0 aliphatic heterocycles. The number of carbonyl (C=O) groups is 1. The van der Waals surface area contributed by atoms with Crippen LogP contribution in [0.3, 0.4) is 0 Å². The van der Waals surface area contributed by atoms with Crippen LogP contribution in [-0.2, 0) is 0 Å². The van der Waals surface area contributed by atoms with Crippen LogP contribution in [0.2, 0.25) is 0 Å². The van der Waals surface area contributed by atoms with Gasteiger partial charge in [0.15, 0.2) is 5.78 Å². The van der Waals surface area contributed by atoms with Crippen LogP contribution in [0.25, 0.3) is 0 Å². The van der Waals surface area contributed by atoms with E-state index in [1.807, 2.05) is 0 Å². The van der Waals surface area contributed by atoms with Gasteiger partial charge in [0.05, 0.1) is 0 Å². The van der Waals surface area contributed by atoms with E-state index in [0.717, 1.165) is 0 Å². The number of rotatable bonds is 6. The van der Waals surface area contributed by atoms with Crippen LogP contribution in [0.4, 0.5) is 17.6 Å². The van der Waals surface area contributed by atoms with Gasteiger partial charge in [0.1, 0.15) is 0 Å². The Bertz CT molecular complexity index is 452. The normalized spacial score (nSPS) is 12.8. The molecule has 0 unspecified atom stereocenters. The molecule has 0 bridgehead atoms. The molecule has 1 rings (SSSR count). The zero-order valence-corrected chi connectivity index (χ0v) is 10.4. The molecule has 0 amide bonds. The Morgan fingerprint density at radius 3 is 2.37 bits per heavy atom. The number of hydrogen-bond acceptors (Lipinski definition) is 1. The van der Waals surface area contributed by atoms with E-state index in [1.165, 1.54) is 13.0 Å². The van der Waals surface area contributed by atoms with E-state index in [4.69, 9.17) is 0 Å². The maximum atomic E-state index is 12.7. The highest BCUT2D eigenvalue weighted by Crippen LogP contribution is 2.29. The van der Waals surface area contributed by atoms with Gasteiger partial charge in [-0.3, -0.25) is 4.79 Å². The van der Waals surface area contributed by atoms with Gasteiger partial charge >= 0.3 is 12.3 Å². The Balaban J connectivity index is 2.61.